The van der Waals surface area contributed by atoms with Crippen molar-refractivity contribution in [3.8, 4) is 0 Å². The van der Waals surface area contributed by atoms with Crippen LogP contribution in [0.1, 0.15) is 18.9 Å². The molecule has 0 aromatic heterocycles. The summed E-state index contributed by atoms with van der Waals surface area (Å²) in [5, 5.41) is 0. The molecule has 0 aliphatic heterocycles. The summed E-state index contributed by atoms with van der Waals surface area (Å²) < 4.78 is 27.4. The third-order valence-corrected chi connectivity index (χ3v) is 4.86. The third kappa shape index (κ3) is 4.06. The summed E-state index contributed by atoms with van der Waals surface area (Å²) in [5.74, 6) is 0. The van der Waals surface area contributed by atoms with Crippen molar-refractivity contribution >= 4 is 26.0 Å². The molecule has 1 rings (SSSR count). The summed E-state index contributed by atoms with van der Waals surface area (Å²) in [5.41, 5.74) is 6.28. The standard InChI is InChI=1S/C11H17BrN2O2S/c1-8(13)6-7-14-17(15,16)11-5-3-4-10(12)9(11)2/h3-5,8,14H,6-7,13H2,1-2H3. The molecule has 1 aromatic carbocycles. The van der Waals surface area contributed by atoms with Crippen LogP contribution in [0.15, 0.2) is 27.6 Å². The highest BCUT2D eigenvalue weighted by Crippen LogP contribution is 2.22. The number of hydrogen-bond acceptors (Lipinski definition) is 3. The Labute approximate surface area is 111 Å². The average molecular weight is 321 g/mol. The van der Waals surface area contributed by atoms with Gasteiger partial charge in [0.1, 0.15) is 0 Å². The maximum absolute atomic E-state index is 12.0. The molecule has 1 unspecified atom stereocenters. The monoisotopic (exact) mass is 320 g/mol. The minimum absolute atomic E-state index is 0.0127. The lowest BCUT2D eigenvalue weighted by Gasteiger charge is -2.11. The predicted octanol–water partition coefficient (Wildman–Crippen LogP) is 1.77. The quantitative estimate of drug-likeness (QED) is 0.868. The average Bonchev–Trinajstić information content (AvgIpc) is 2.21. The molecule has 0 aliphatic carbocycles. The van der Waals surface area contributed by atoms with Crippen LogP contribution < -0.4 is 10.5 Å². The SMILES string of the molecule is Cc1c(Br)cccc1S(=O)(=O)NCCC(C)N. The van der Waals surface area contributed by atoms with Gasteiger partial charge in [-0.05, 0) is 38.0 Å². The van der Waals surface area contributed by atoms with E-state index in [0.29, 0.717) is 23.4 Å². The lowest BCUT2D eigenvalue weighted by molar-refractivity contribution is 0.571. The first-order chi connectivity index (χ1) is 7.84. The van der Waals surface area contributed by atoms with Crippen LogP contribution in [0.2, 0.25) is 0 Å². The Hall–Kier alpha value is -0.430. The molecule has 0 saturated carbocycles. The van der Waals surface area contributed by atoms with Crippen LogP contribution in [0.5, 0.6) is 0 Å². The van der Waals surface area contributed by atoms with Gasteiger partial charge in [-0.3, -0.25) is 0 Å². The van der Waals surface area contributed by atoms with E-state index >= 15 is 0 Å². The summed E-state index contributed by atoms with van der Waals surface area (Å²) in [6.07, 6.45) is 0.617. The topological polar surface area (TPSA) is 72.2 Å². The van der Waals surface area contributed by atoms with E-state index in [1.807, 2.05) is 13.0 Å². The number of nitrogens with one attached hydrogen (secondary N) is 1. The number of benzene rings is 1. The van der Waals surface area contributed by atoms with Gasteiger partial charge in [-0.25, -0.2) is 13.1 Å². The molecule has 0 saturated heterocycles. The zero-order valence-corrected chi connectivity index (χ0v) is 12.3. The van der Waals surface area contributed by atoms with Gasteiger partial charge in [-0.1, -0.05) is 22.0 Å². The van der Waals surface area contributed by atoms with Crippen LogP contribution >= 0.6 is 15.9 Å². The Morgan fingerprint density at radius 3 is 2.71 bits per heavy atom. The molecule has 0 fully saturated rings. The van der Waals surface area contributed by atoms with Gasteiger partial charge in [0, 0.05) is 17.1 Å². The second-order valence-corrected chi connectivity index (χ2v) is 6.62. The molecule has 6 heteroatoms. The van der Waals surface area contributed by atoms with E-state index in [1.165, 1.54) is 0 Å². The molecule has 96 valence electrons. The smallest absolute Gasteiger partial charge is 0.240 e. The Kier molecular flexibility index (Phi) is 5.12. The highest BCUT2D eigenvalue weighted by Gasteiger charge is 2.17. The Morgan fingerprint density at radius 2 is 2.12 bits per heavy atom. The van der Waals surface area contributed by atoms with Crippen LogP contribution in [0.4, 0.5) is 0 Å². The van der Waals surface area contributed by atoms with E-state index in [0.717, 1.165) is 4.47 Å². The maximum atomic E-state index is 12.0. The molecule has 0 spiro atoms. The predicted molar refractivity (Wildman–Crippen MR) is 72.3 cm³/mol. The van der Waals surface area contributed by atoms with Gasteiger partial charge in [0.05, 0.1) is 4.90 Å². The van der Waals surface area contributed by atoms with Gasteiger partial charge in [-0.15, -0.1) is 0 Å². The molecule has 0 amide bonds. The molecule has 0 bridgehead atoms. The summed E-state index contributed by atoms with van der Waals surface area (Å²) in [6, 6.07) is 5.10. The van der Waals surface area contributed by atoms with Crippen LogP contribution in [0.3, 0.4) is 0 Å². The Balaban J connectivity index is 2.87. The van der Waals surface area contributed by atoms with E-state index in [4.69, 9.17) is 5.73 Å². The lowest BCUT2D eigenvalue weighted by atomic mass is 10.2. The van der Waals surface area contributed by atoms with Crippen molar-refractivity contribution in [1.82, 2.24) is 4.72 Å². The van der Waals surface area contributed by atoms with Crippen molar-refractivity contribution in [1.29, 1.82) is 0 Å². The van der Waals surface area contributed by atoms with Gasteiger partial charge in [0.25, 0.3) is 0 Å². The molecule has 4 nitrogen and oxygen atoms in total. The molecular formula is C11H17BrN2O2S. The second kappa shape index (κ2) is 5.95. The van der Waals surface area contributed by atoms with E-state index in [2.05, 4.69) is 20.7 Å². The normalized spacial score (nSPS) is 13.6. The van der Waals surface area contributed by atoms with E-state index in [1.54, 1.807) is 19.1 Å². The second-order valence-electron chi connectivity index (χ2n) is 4.03. The first kappa shape index (κ1) is 14.6. The van der Waals surface area contributed by atoms with E-state index < -0.39 is 10.0 Å². The molecule has 0 aliphatic rings. The zero-order chi connectivity index (χ0) is 13.1. The summed E-state index contributed by atoms with van der Waals surface area (Å²) in [6.45, 7) is 3.97. The summed E-state index contributed by atoms with van der Waals surface area (Å²) in [4.78, 5) is 0.302. The maximum Gasteiger partial charge on any atom is 0.240 e. The van der Waals surface area contributed by atoms with Gasteiger partial charge >= 0.3 is 0 Å². The van der Waals surface area contributed by atoms with Crippen LogP contribution in [0, 0.1) is 6.92 Å². The van der Waals surface area contributed by atoms with Gasteiger partial charge in [-0.2, -0.15) is 0 Å². The Morgan fingerprint density at radius 1 is 1.47 bits per heavy atom. The molecule has 1 atom stereocenters. The lowest BCUT2D eigenvalue weighted by Crippen LogP contribution is -2.29. The van der Waals surface area contributed by atoms with Gasteiger partial charge in [0.2, 0.25) is 10.0 Å². The molecular weight excluding hydrogens is 304 g/mol. The van der Waals surface area contributed by atoms with E-state index in [-0.39, 0.29) is 6.04 Å². The Bertz CT molecular complexity index is 486. The van der Waals surface area contributed by atoms with Gasteiger partial charge in [0.15, 0.2) is 0 Å². The largest absolute Gasteiger partial charge is 0.328 e. The minimum atomic E-state index is -3.44. The minimum Gasteiger partial charge on any atom is -0.328 e. The number of sulfonamides is 1. The highest BCUT2D eigenvalue weighted by molar-refractivity contribution is 9.10. The van der Waals surface area contributed by atoms with Gasteiger partial charge < -0.3 is 5.73 Å². The number of nitrogens with two attached hydrogens (primary N) is 1. The number of halogens is 1. The summed E-state index contributed by atoms with van der Waals surface area (Å²) in [7, 11) is -3.44. The van der Waals surface area contributed by atoms with Crippen molar-refractivity contribution in [2.24, 2.45) is 5.73 Å². The number of rotatable bonds is 5. The third-order valence-electron chi connectivity index (χ3n) is 2.40. The van der Waals surface area contributed by atoms with Crippen LogP contribution in [-0.2, 0) is 10.0 Å². The van der Waals surface area contributed by atoms with Crippen LogP contribution in [-0.4, -0.2) is 21.0 Å². The molecule has 3 N–H and O–H groups in total. The molecule has 1 aromatic rings. The van der Waals surface area contributed by atoms with E-state index in [9.17, 15) is 8.42 Å². The molecule has 17 heavy (non-hydrogen) atoms. The molecule has 0 radical (unpaired) electrons. The number of hydrogen-bond donors (Lipinski definition) is 2. The van der Waals surface area contributed by atoms with Crippen molar-refractivity contribution in [2.75, 3.05) is 6.54 Å². The fraction of sp³-hybridized carbons (Fsp3) is 0.455. The summed E-state index contributed by atoms with van der Waals surface area (Å²) >= 11 is 3.32. The first-order valence-corrected chi connectivity index (χ1v) is 7.62. The zero-order valence-electron chi connectivity index (χ0n) is 9.90. The van der Waals surface area contributed by atoms with Crippen molar-refractivity contribution < 1.29 is 8.42 Å². The fourth-order valence-corrected chi connectivity index (χ4v) is 3.19. The van der Waals surface area contributed by atoms with Crippen LogP contribution in [0.25, 0.3) is 0 Å². The fourth-order valence-electron chi connectivity index (χ4n) is 1.38. The molecule has 0 heterocycles. The highest BCUT2D eigenvalue weighted by atomic mass is 79.9. The van der Waals surface area contributed by atoms with Crippen molar-refractivity contribution in [3.05, 3.63) is 28.2 Å². The van der Waals surface area contributed by atoms with Crippen molar-refractivity contribution in [2.45, 2.75) is 31.2 Å². The van der Waals surface area contributed by atoms with Crippen molar-refractivity contribution in [3.63, 3.8) is 0 Å². The first-order valence-electron chi connectivity index (χ1n) is 5.35.